The van der Waals surface area contributed by atoms with Crippen molar-refractivity contribution >= 4 is 32.5 Å². The van der Waals surface area contributed by atoms with Gasteiger partial charge in [0.25, 0.3) is 0 Å². The van der Waals surface area contributed by atoms with Crippen LogP contribution in [-0.4, -0.2) is 28.8 Å². The summed E-state index contributed by atoms with van der Waals surface area (Å²) in [7, 11) is 0. The number of benzene rings is 1. The minimum Gasteiger partial charge on any atom is -0.386 e. The molecule has 0 radical (unpaired) electrons. The molecule has 0 unspecified atom stereocenters. The first-order valence-electron chi connectivity index (χ1n) is 6.52. The van der Waals surface area contributed by atoms with Crippen molar-refractivity contribution in [2.75, 3.05) is 18.0 Å². The predicted molar refractivity (Wildman–Crippen MR) is 81.4 cm³/mol. The Bertz CT molecular complexity index is 621. The standard InChI is InChI=1S/C15H17BrN2O/c1-10(2)15(19)8-18(9-15)14-12-4-3-5-13(16)11(12)6-7-17-14/h3-7,10,19H,8-9H2,1-2H3. The smallest absolute Gasteiger partial charge is 0.136 e. The second-order valence-electron chi connectivity index (χ2n) is 5.58. The van der Waals surface area contributed by atoms with Crippen LogP contribution in [0.5, 0.6) is 0 Å². The van der Waals surface area contributed by atoms with Gasteiger partial charge in [0.15, 0.2) is 0 Å². The minimum atomic E-state index is -0.574. The van der Waals surface area contributed by atoms with Crippen molar-refractivity contribution in [2.24, 2.45) is 5.92 Å². The molecule has 1 aromatic heterocycles. The quantitative estimate of drug-likeness (QED) is 0.923. The molecule has 1 saturated heterocycles. The van der Waals surface area contributed by atoms with Crippen LogP contribution in [0.2, 0.25) is 0 Å². The first-order chi connectivity index (χ1) is 9.01. The van der Waals surface area contributed by atoms with Gasteiger partial charge in [0, 0.05) is 21.4 Å². The van der Waals surface area contributed by atoms with E-state index in [9.17, 15) is 5.11 Å². The molecule has 0 atom stereocenters. The van der Waals surface area contributed by atoms with Crippen molar-refractivity contribution in [3.05, 3.63) is 34.9 Å². The van der Waals surface area contributed by atoms with E-state index in [1.807, 2.05) is 24.4 Å². The second-order valence-corrected chi connectivity index (χ2v) is 6.44. The van der Waals surface area contributed by atoms with Gasteiger partial charge in [-0.15, -0.1) is 0 Å². The lowest BCUT2D eigenvalue weighted by Gasteiger charge is -2.49. The average molecular weight is 321 g/mol. The maximum atomic E-state index is 10.4. The number of pyridine rings is 1. The third-order valence-corrected chi connectivity index (χ3v) is 4.73. The van der Waals surface area contributed by atoms with E-state index in [4.69, 9.17) is 0 Å². The van der Waals surface area contributed by atoms with E-state index in [0.29, 0.717) is 13.1 Å². The maximum absolute atomic E-state index is 10.4. The molecule has 3 nitrogen and oxygen atoms in total. The van der Waals surface area contributed by atoms with Gasteiger partial charge in [-0.25, -0.2) is 4.98 Å². The molecule has 100 valence electrons. The molecule has 1 N–H and O–H groups in total. The number of hydrogen-bond acceptors (Lipinski definition) is 3. The number of β-amino-alcohol motifs (C(OH)–C–C–N with tert-alkyl or cyclic N) is 1. The summed E-state index contributed by atoms with van der Waals surface area (Å²) in [6, 6.07) is 8.14. The van der Waals surface area contributed by atoms with Gasteiger partial charge >= 0.3 is 0 Å². The fourth-order valence-electron chi connectivity index (χ4n) is 2.53. The van der Waals surface area contributed by atoms with Gasteiger partial charge in [-0.2, -0.15) is 0 Å². The summed E-state index contributed by atoms with van der Waals surface area (Å²) in [6.07, 6.45) is 1.83. The van der Waals surface area contributed by atoms with Crippen LogP contribution < -0.4 is 4.90 Å². The third-order valence-electron chi connectivity index (χ3n) is 4.04. The highest BCUT2D eigenvalue weighted by Gasteiger charge is 2.44. The fourth-order valence-corrected chi connectivity index (χ4v) is 3.03. The summed E-state index contributed by atoms with van der Waals surface area (Å²) in [5.41, 5.74) is -0.574. The Balaban J connectivity index is 1.98. The van der Waals surface area contributed by atoms with E-state index in [1.165, 1.54) is 0 Å². The summed E-state index contributed by atoms with van der Waals surface area (Å²) in [5.74, 6) is 1.23. The zero-order valence-corrected chi connectivity index (χ0v) is 12.7. The largest absolute Gasteiger partial charge is 0.386 e. The highest BCUT2D eigenvalue weighted by molar-refractivity contribution is 9.10. The Labute approximate surface area is 121 Å². The molecule has 0 aliphatic carbocycles. The first kappa shape index (κ1) is 12.9. The van der Waals surface area contributed by atoms with Crippen LogP contribution in [0.25, 0.3) is 10.8 Å². The van der Waals surface area contributed by atoms with Gasteiger partial charge in [0.2, 0.25) is 0 Å². The normalized spacial score (nSPS) is 17.8. The molecule has 3 rings (SSSR count). The molecule has 2 aromatic rings. The summed E-state index contributed by atoms with van der Waals surface area (Å²) >= 11 is 3.57. The molecule has 4 heteroatoms. The fraction of sp³-hybridized carbons (Fsp3) is 0.400. The number of aliphatic hydroxyl groups is 1. The van der Waals surface area contributed by atoms with Crippen LogP contribution in [0.4, 0.5) is 5.82 Å². The molecule has 1 aliphatic heterocycles. The highest BCUT2D eigenvalue weighted by atomic mass is 79.9. The van der Waals surface area contributed by atoms with E-state index in [-0.39, 0.29) is 5.92 Å². The third kappa shape index (κ3) is 2.03. The lowest BCUT2D eigenvalue weighted by atomic mass is 9.83. The van der Waals surface area contributed by atoms with Gasteiger partial charge in [-0.1, -0.05) is 41.9 Å². The second kappa shape index (κ2) is 4.46. The molecule has 1 aliphatic rings. The summed E-state index contributed by atoms with van der Waals surface area (Å²) in [6.45, 7) is 5.43. The SMILES string of the molecule is CC(C)C1(O)CN(c2nccc3c(Br)cccc23)C1. The number of halogens is 1. The van der Waals surface area contributed by atoms with Crippen molar-refractivity contribution in [1.29, 1.82) is 0 Å². The summed E-state index contributed by atoms with van der Waals surface area (Å²) in [4.78, 5) is 6.64. The molecule has 0 amide bonds. The number of anilines is 1. The average Bonchev–Trinajstić information content (AvgIpc) is 2.35. The molecule has 2 heterocycles. The Hall–Kier alpha value is -1.13. The number of fused-ring (bicyclic) bond motifs is 1. The maximum Gasteiger partial charge on any atom is 0.136 e. The molecule has 19 heavy (non-hydrogen) atoms. The first-order valence-corrected chi connectivity index (χ1v) is 7.31. The Morgan fingerprint density at radius 2 is 2.00 bits per heavy atom. The van der Waals surface area contributed by atoms with Crippen LogP contribution in [0.3, 0.4) is 0 Å². The van der Waals surface area contributed by atoms with E-state index in [0.717, 1.165) is 21.1 Å². The van der Waals surface area contributed by atoms with Gasteiger partial charge in [-0.05, 0) is 18.1 Å². The molecule has 1 fully saturated rings. The topological polar surface area (TPSA) is 36.4 Å². The summed E-state index contributed by atoms with van der Waals surface area (Å²) < 4.78 is 1.08. The predicted octanol–water partition coefficient (Wildman–Crippen LogP) is 3.20. The lowest BCUT2D eigenvalue weighted by molar-refractivity contribution is -0.0302. The zero-order valence-electron chi connectivity index (χ0n) is 11.1. The van der Waals surface area contributed by atoms with Gasteiger partial charge < -0.3 is 10.0 Å². The molecule has 0 bridgehead atoms. The van der Waals surface area contributed by atoms with Crippen LogP contribution in [-0.2, 0) is 0 Å². The number of aromatic nitrogens is 1. The molecular weight excluding hydrogens is 304 g/mol. The van der Waals surface area contributed by atoms with Crippen LogP contribution in [0, 0.1) is 5.92 Å². The van der Waals surface area contributed by atoms with E-state index in [2.05, 4.69) is 45.7 Å². The van der Waals surface area contributed by atoms with Crippen LogP contribution in [0.1, 0.15) is 13.8 Å². The van der Waals surface area contributed by atoms with Crippen molar-refractivity contribution in [3.63, 3.8) is 0 Å². The van der Waals surface area contributed by atoms with Crippen LogP contribution in [0.15, 0.2) is 34.9 Å². The van der Waals surface area contributed by atoms with E-state index < -0.39 is 5.60 Å². The molecule has 0 saturated carbocycles. The van der Waals surface area contributed by atoms with Crippen LogP contribution >= 0.6 is 15.9 Å². The molecule has 0 spiro atoms. The number of rotatable bonds is 2. The van der Waals surface area contributed by atoms with E-state index >= 15 is 0 Å². The van der Waals surface area contributed by atoms with Crippen molar-refractivity contribution in [2.45, 2.75) is 19.4 Å². The van der Waals surface area contributed by atoms with Gasteiger partial charge in [-0.3, -0.25) is 0 Å². The minimum absolute atomic E-state index is 0.269. The highest BCUT2D eigenvalue weighted by Crippen LogP contribution is 2.36. The Morgan fingerprint density at radius 3 is 2.68 bits per heavy atom. The van der Waals surface area contributed by atoms with Crippen molar-refractivity contribution in [1.82, 2.24) is 4.98 Å². The van der Waals surface area contributed by atoms with E-state index in [1.54, 1.807) is 0 Å². The zero-order chi connectivity index (χ0) is 13.6. The van der Waals surface area contributed by atoms with Crippen molar-refractivity contribution < 1.29 is 5.11 Å². The van der Waals surface area contributed by atoms with Gasteiger partial charge in [0.05, 0.1) is 13.1 Å². The number of hydrogen-bond donors (Lipinski definition) is 1. The number of nitrogens with zero attached hydrogens (tertiary/aromatic N) is 2. The summed E-state index contributed by atoms with van der Waals surface area (Å²) in [5, 5.41) is 12.7. The molecular formula is C15H17BrN2O. The van der Waals surface area contributed by atoms with Gasteiger partial charge in [0.1, 0.15) is 11.4 Å². The lowest BCUT2D eigenvalue weighted by Crippen LogP contribution is -2.65. The molecule has 1 aromatic carbocycles. The van der Waals surface area contributed by atoms with Crippen molar-refractivity contribution in [3.8, 4) is 0 Å². The Morgan fingerprint density at radius 1 is 1.26 bits per heavy atom. The Kier molecular flexibility index (Phi) is 3.02. The monoisotopic (exact) mass is 320 g/mol.